The predicted octanol–water partition coefficient (Wildman–Crippen LogP) is 4.38. The molecule has 1 fully saturated rings. The van der Waals surface area contributed by atoms with Gasteiger partial charge in [-0.05, 0) is 42.2 Å². The van der Waals surface area contributed by atoms with Crippen molar-refractivity contribution < 1.29 is 18.0 Å². The van der Waals surface area contributed by atoms with Crippen LogP contribution in [-0.2, 0) is 11.2 Å². The monoisotopic (exact) mass is 350 g/mol. The van der Waals surface area contributed by atoms with Gasteiger partial charge in [0.1, 0.15) is 6.04 Å². The number of alkyl halides is 3. The van der Waals surface area contributed by atoms with Crippen LogP contribution in [0.1, 0.15) is 37.9 Å². The highest BCUT2D eigenvalue weighted by Gasteiger charge is 2.51. The van der Waals surface area contributed by atoms with Crippen molar-refractivity contribution in [1.82, 2.24) is 10.4 Å². The van der Waals surface area contributed by atoms with Gasteiger partial charge in [-0.2, -0.15) is 13.2 Å². The fraction of sp³-hybridized carbons (Fsp3) is 0.421. The van der Waals surface area contributed by atoms with Gasteiger partial charge in [-0.1, -0.05) is 43.3 Å². The van der Waals surface area contributed by atoms with Crippen LogP contribution in [0.4, 0.5) is 13.2 Å². The molecule has 1 amide bonds. The number of carbonyl (C=O) groups is 1. The third-order valence-electron chi connectivity index (χ3n) is 4.77. The number of halogens is 3. The Morgan fingerprint density at radius 3 is 2.44 bits per heavy atom. The summed E-state index contributed by atoms with van der Waals surface area (Å²) in [5, 5.41) is 2.77. The minimum absolute atomic E-state index is 0.00594. The molecule has 0 spiro atoms. The van der Waals surface area contributed by atoms with E-state index in [1.807, 2.05) is 31.2 Å². The molecule has 0 radical (unpaired) electrons. The van der Waals surface area contributed by atoms with Gasteiger partial charge < -0.3 is 0 Å². The quantitative estimate of drug-likeness (QED) is 0.891. The molecule has 0 aromatic heterocycles. The average molecular weight is 350 g/mol. The van der Waals surface area contributed by atoms with Crippen LogP contribution in [0.3, 0.4) is 0 Å². The molecule has 134 valence electrons. The van der Waals surface area contributed by atoms with Gasteiger partial charge in [-0.15, -0.1) is 0 Å². The Morgan fingerprint density at radius 2 is 1.88 bits per heavy atom. The molecule has 1 N–H and O–H groups in total. The molecule has 0 aliphatic carbocycles. The molecular formula is C19H21F3N2O. The number of hydrazine groups is 1. The summed E-state index contributed by atoms with van der Waals surface area (Å²) in [6.45, 7) is 5.16. The molecule has 2 aromatic rings. The standard InChI is InChI=1S/C19H21F3N2O/c1-4-13-14-8-6-5-7-12(14)9-10-15(13)16(19(20,21)22)24-11-18(2,3)17(25)23-24/h5-10,16H,4,11H2,1-3H3,(H,23,25)/t16-/m0/s1. The fourth-order valence-corrected chi connectivity index (χ4v) is 3.50. The van der Waals surface area contributed by atoms with Crippen molar-refractivity contribution in [2.45, 2.75) is 39.4 Å². The van der Waals surface area contributed by atoms with E-state index in [4.69, 9.17) is 0 Å². The molecule has 6 heteroatoms. The largest absolute Gasteiger partial charge is 0.409 e. The van der Waals surface area contributed by atoms with Gasteiger partial charge >= 0.3 is 6.18 Å². The number of fused-ring (bicyclic) bond motifs is 1. The Kier molecular flexibility index (Phi) is 4.27. The summed E-state index contributed by atoms with van der Waals surface area (Å²) < 4.78 is 41.9. The highest BCUT2D eigenvalue weighted by molar-refractivity contribution is 5.87. The minimum Gasteiger partial charge on any atom is -0.287 e. The Labute approximate surface area is 144 Å². The van der Waals surface area contributed by atoms with Crippen molar-refractivity contribution in [2.24, 2.45) is 5.41 Å². The van der Waals surface area contributed by atoms with Crippen molar-refractivity contribution in [3.05, 3.63) is 47.5 Å². The first-order valence-corrected chi connectivity index (χ1v) is 8.30. The molecule has 1 saturated heterocycles. The number of nitrogens with zero attached hydrogens (tertiary/aromatic N) is 1. The summed E-state index contributed by atoms with van der Waals surface area (Å²) in [7, 11) is 0. The summed E-state index contributed by atoms with van der Waals surface area (Å²) in [5.41, 5.74) is 2.44. The molecule has 25 heavy (non-hydrogen) atoms. The van der Waals surface area contributed by atoms with Gasteiger partial charge in [0.15, 0.2) is 0 Å². The van der Waals surface area contributed by atoms with Crippen LogP contribution in [-0.4, -0.2) is 23.6 Å². The molecule has 1 aliphatic heterocycles. The second-order valence-corrected chi connectivity index (χ2v) is 7.10. The number of hydrogen-bond donors (Lipinski definition) is 1. The summed E-state index contributed by atoms with van der Waals surface area (Å²) in [6.07, 6.45) is -4.02. The summed E-state index contributed by atoms with van der Waals surface area (Å²) >= 11 is 0. The van der Waals surface area contributed by atoms with E-state index in [0.717, 1.165) is 15.8 Å². The zero-order chi connectivity index (χ0) is 18.4. The lowest BCUT2D eigenvalue weighted by Crippen LogP contribution is -2.44. The normalized spacial score (nSPS) is 19.2. The Bertz CT molecular complexity index is 814. The van der Waals surface area contributed by atoms with E-state index in [9.17, 15) is 18.0 Å². The maximum Gasteiger partial charge on any atom is 0.409 e. The van der Waals surface area contributed by atoms with Crippen LogP contribution in [0.15, 0.2) is 36.4 Å². The topological polar surface area (TPSA) is 32.3 Å². The maximum atomic E-state index is 14.0. The molecule has 3 rings (SSSR count). The Balaban J connectivity index is 2.15. The highest BCUT2D eigenvalue weighted by atomic mass is 19.4. The summed E-state index contributed by atoms with van der Waals surface area (Å²) in [4.78, 5) is 12.0. The third-order valence-corrected chi connectivity index (χ3v) is 4.77. The van der Waals surface area contributed by atoms with Gasteiger partial charge in [0.25, 0.3) is 0 Å². The molecule has 1 aliphatic rings. The van der Waals surface area contributed by atoms with Crippen molar-refractivity contribution in [1.29, 1.82) is 0 Å². The van der Waals surface area contributed by atoms with E-state index in [0.29, 0.717) is 12.0 Å². The number of amides is 1. The molecular weight excluding hydrogens is 329 g/mol. The van der Waals surface area contributed by atoms with Crippen LogP contribution >= 0.6 is 0 Å². The first-order valence-electron chi connectivity index (χ1n) is 8.30. The second-order valence-electron chi connectivity index (χ2n) is 7.10. The van der Waals surface area contributed by atoms with E-state index >= 15 is 0 Å². The highest BCUT2D eigenvalue weighted by Crippen LogP contribution is 2.43. The molecule has 0 bridgehead atoms. The predicted molar refractivity (Wildman–Crippen MR) is 90.8 cm³/mol. The van der Waals surface area contributed by atoms with Crippen molar-refractivity contribution >= 4 is 16.7 Å². The van der Waals surface area contributed by atoms with Crippen molar-refractivity contribution in [3.63, 3.8) is 0 Å². The van der Waals surface area contributed by atoms with Crippen molar-refractivity contribution in [2.75, 3.05) is 6.54 Å². The minimum atomic E-state index is -4.50. The van der Waals surface area contributed by atoms with Gasteiger partial charge in [-0.25, -0.2) is 5.01 Å². The number of benzene rings is 2. The average Bonchev–Trinajstić information content (AvgIpc) is 2.78. The van der Waals surface area contributed by atoms with Crippen LogP contribution in [0.2, 0.25) is 0 Å². The van der Waals surface area contributed by atoms with Gasteiger partial charge in [0.2, 0.25) is 5.91 Å². The molecule has 1 heterocycles. The maximum absolute atomic E-state index is 14.0. The molecule has 2 aromatic carbocycles. The lowest BCUT2D eigenvalue weighted by Gasteiger charge is -2.31. The SMILES string of the molecule is CCc1c([C@H](N2CC(C)(C)C(=O)N2)C(F)(F)F)ccc2ccccc12. The van der Waals surface area contributed by atoms with Gasteiger partial charge in [0, 0.05) is 6.54 Å². The molecule has 3 nitrogen and oxygen atoms in total. The smallest absolute Gasteiger partial charge is 0.287 e. The lowest BCUT2D eigenvalue weighted by molar-refractivity contribution is -0.191. The molecule has 1 atom stereocenters. The number of carbonyl (C=O) groups excluding carboxylic acids is 1. The zero-order valence-electron chi connectivity index (χ0n) is 14.4. The van der Waals surface area contributed by atoms with Crippen LogP contribution in [0.25, 0.3) is 10.8 Å². The van der Waals surface area contributed by atoms with E-state index in [-0.39, 0.29) is 18.0 Å². The van der Waals surface area contributed by atoms with E-state index in [2.05, 4.69) is 5.43 Å². The number of nitrogens with one attached hydrogen (secondary N) is 1. The van der Waals surface area contributed by atoms with Crippen LogP contribution < -0.4 is 5.43 Å². The number of rotatable bonds is 3. The first kappa shape index (κ1) is 17.7. The Hall–Kier alpha value is -2.08. The van der Waals surface area contributed by atoms with Crippen LogP contribution in [0.5, 0.6) is 0 Å². The fourth-order valence-electron chi connectivity index (χ4n) is 3.50. The zero-order valence-corrected chi connectivity index (χ0v) is 14.4. The number of hydrogen-bond acceptors (Lipinski definition) is 2. The second kappa shape index (κ2) is 6.02. The molecule has 0 saturated carbocycles. The summed E-state index contributed by atoms with van der Waals surface area (Å²) in [5.74, 6) is -0.388. The van der Waals surface area contributed by atoms with E-state index in [1.165, 1.54) is 6.07 Å². The first-order chi connectivity index (χ1) is 11.6. The van der Waals surface area contributed by atoms with E-state index in [1.54, 1.807) is 19.9 Å². The Morgan fingerprint density at radius 1 is 1.20 bits per heavy atom. The lowest BCUT2D eigenvalue weighted by atomic mass is 9.91. The van der Waals surface area contributed by atoms with Crippen LogP contribution in [0, 0.1) is 5.41 Å². The van der Waals surface area contributed by atoms with E-state index < -0.39 is 17.6 Å². The van der Waals surface area contributed by atoms with Gasteiger partial charge in [-0.3, -0.25) is 10.2 Å². The van der Waals surface area contributed by atoms with Gasteiger partial charge in [0.05, 0.1) is 5.41 Å². The third kappa shape index (κ3) is 3.11. The molecule has 0 unspecified atom stereocenters. The van der Waals surface area contributed by atoms with Crippen molar-refractivity contribution in [3.8, 4) is 0 Å². The number of aryl methyl sites for hydroxylation is 1. The summed E-state index contributed by atoms with van der Waals surface area (Å²) in [6, 6.07) is 8.82.